The number of carbonyl (C=O) groups is 3. The maximum Gasteiger partial charge on any atom is 0.306 e. The monoisotopic (exact) mass is 474 g/mol. The zero-order chi connectivity index (χ0) is 24.5. The smallest absolute Gasteiger partial charge is 0.306 e. The van der Waals surface area contributed by atoms with E-state index in [1.165, 1.54) is 5.56 Å². The third-order valence-electron chi connectivity index (χ3n) is 7.01. The highest BCUT2D eigenvalue weighted by atomic mass is 16.4. The van der Waals surface area contributed by atoms with Crippen LogP contribution in [0.2, 0.25) is 0 Å². The van der Waals surface area contributed by atoms with Crippen molar-refractivity contribution in [3.63, 3.8) is 0 Å². The number of furan rings is 1. The Morgan fingerprint density at radius 3 is 2.46 bits per heavy atom. The van der Waals surface area contributed by atoms with Crippen LogP contribution in [0.3, 0.4) is 0 Å². The van der Waals surface area contributed by atoms with Crippen molar-refractivity contribution >= 4 is 34.5 Å². The number of carbonyl (C=O) groups excluding carboxylic acids is 2. The lowest BCUT2D eigenvalue weighted by molar-refractivity contribution is -0.141. The van der Waals surface area contributed by atoms with Crippen LogP contribution in [0.1, 0.15) is 69.7 Å². The van der Waals surface area contributed by atoms with Crippen LogP contribution in [0, 0.1) is 5.92 Å². The van der Waals surface area contributed by atoms with E-state index in [-0.39, 0.29) is 36.9 Å². The first-order valence-electron chi connectivity index (χ1n) is 11.9. The van der Waals surface area contributed by atoms with E-state index in [1.807, 2.05) is 12.1 Å². The molecule has 2 amide bonds. The second-order valence-corrected chi connectivity index (χ2v) is 9.16. The quantitative estimate of drug-likeness (QED) is 0.212. The molecule has 8 heteroatoms. The second kappa shape index (κ2) is 9.37. The average Bonchev–Trinajstić information content (AvgIpc) is 3.36. The van der Waals surface area contributed by atoms with Gasteiger partial charge in [0.15, 0.2) is 0 Å². The van der Waals surface area contributed by atoms with Gasteiger partial charge in [-0.2, -0.15) is 0 Å². The lowest BCUT2D eigenvalue weighted by Crippen LogP contribution is -2.31. The molecule has 1 atom stereocenters. The molecule has 1 unspecified atom stereocenters. The number of rotatable bonds is 8. The van der Waals surface area contributed by atoms with Crippen molar-refractivity contribution in [3.05, 3.63) is 70.5 Å². The molecular weight excluding hydrogens is 448 g/mol. The molecule has 1 aromatic heterocycles. The first-order chi connectivity index (χ1) is 17.0. The van der Waals surface area contributed by atoms with Gasteiger partial charge in [-0.05, 0) is 50.3 Å². The van der Waals surface area contributed by atoms with E-state index >= 15 is 0 Å². The zero-order valence-electron chi connectivity index (χ0n) is 19.2. The van der Waals surface area contributed by atoms with E-state index in [0.29, 0.717) is 28.7 Å². The highest BCUT2D eigenvalue weighted by Crippen LogP contribution is 2.33. The Morgan fingerprint density at radius 2 is 1.77 bits per heavy atom. The number of carboxylic acids is 1. The summed E-state index contributed by atoms with van der Waals surface area (Å²) in [6.07, 6.45) is 4.69. The first kappa shape index (κ1) is 22.8. The predicted molar refractivity (Wildman–Crippen MR) is 128 cm³/mol. The summed E-state index contributed by atoms with van der Waals surface area (Å²) in [6, 6.07) is 12.2. The number of benzene rings is 2. The van der Waals surface area contributed by atoms with Crippen LogP contribution in [0.4, 0.5) is 0 Å². The van der Waals surface area contributed by atoms with Crippen molar-refractivity contribution in [1.29, 1.82) is 0 Å². The van der Waals surface area contributed by atoms with Crippen molar-refractivity contribution < 1.29 is 29.1 Å². The number of hydrogen-bond acceptors (Lipinski definition) is 6. The van der Waals surface area contributed by atoms with E-state index in [4.69, 9.17) is 4.42 Å². The van der Waals surface area contributed by atoms with Crippen LogP contribution < -0.4 is 0 Å². The fraction of sp³-hybridized carbons (Fsp3) is 0.333. The lowest BCUT2D eigenvalue weighted by atomic mass is 9.92. The molecule has 2 N–H and O–H groups in total. The Morgan fingerprint density at radius 1 is 1.06 bits per heavy atom. The molecule has 5 rings (SSSR count). The van der Waals surface area contributed by atoms with Crippen LogP contribution in [0.5, 0.6) is 0 Å². The molecule has 2 aliphatic rings. The summed E-state index contributed by atoms with van der Waals surface area (Å²) in [4.78, 5) is 38.2. The molecule has 0 saturated heterocycles. The van der Waals surface area contributed by atoms with Crippen molar-refractivity contribution in [1.82, 2.24) is 4.90 Å². The third-order valence-corrected chi connectivity index (χ3v) is 7.01. The molecule has 2 heterocycles. The number of imide groups is 1. The number of oxime groups is 1. The Hall–Kier alpha value is -3.94. The molecule has 0 spiro atoms. The van der Waals surface area contributed by atoms with Gasteiger partial charge in [0, 0.05) is 35.9 Å². The normalized spacial score (nSPS) is 16.5. The summed E-state index contributed by atoms with van der Waals surface area (Å²) in [7, 11) is 0. The van der Waals surface area contributed by atoms with Crippen molar-refractivity contribution in [3.8, 4) is 0 Å². The molecule has 180 valence electrons. The van der Waals surface area contributed by atoms with Crippen molar-refractivity contribution in [2.24, 2.45) is 11.1 Å². The van der Waals surface area contributed by atoms with E-state index in [1.54, 1.807) is 30.3 Å². The standard InChI is InChI=1S/C27H26N2O6/c30-25-20-8-1-2-9-21(20)26(31)29(25)13-5-6-17(27(32)33)14-22(28-34)16-11-12-19-18-7-3-4-10-23(18)35-24(19)15-16/h1-2,8-9,11-12,15,17,34H,3-7,10,13-14H2,(H,32,33)/b28-22-. The molecule has 0 bridgehead atoms. The molecule has 8 nitrogen and oxygen atoms in total. The van der Waals surface area contributed by atoms with E-state index in [2.05, 4.69) is 5.16 Å². The maximum atomic E-state index is 12.5. The molecule has 1 aliphatic carbocycles. The Balaban J connectivity index is 1.26. The molecule has 1 aliphatic heterocycles. The second-order valence-electron chi connectivity index (χ2n) is 9.16. The topological polar surface area (TPSA) is 120 Å². The van der Waals surface area contributed by atoms with Gasteiger partial charge in [0.1, 0.15) is 11.3 Å². The number of hydrogen-bond donors (Lipinski definition) is 2. The Labute approximate surface area is 201 Å². The van der Waals surface area contributed by atoms with Gasteiger partial charge in [-0.25, -0.2) is 0 Å². The zero-order valence-corrected chi connectivity index (χ0v) is 19.2. The SMILES string of the molecule is O=C(O)C(CCCN1C(=O)c2ccccc2C1=O)C/C(=N/O)c1ccc2c3c(oc2c1)CCCC3. The Kier molecular flexibility index (Phi) is 6.11. The molecule has 0 radical (unpaired) electrons. The number of aryl methyl sites for hydroxylation is 2. The first-order valence-corrected chi connectivity index (χ1v) is 11.9. The van der Waals surface area contributed by atoms with E-state index in [9.17, 15) is 24.7 Å². The number of nitrogens with zero attached hydrogens (tertiary/aromatic N) is 2. The molecule has 3 aromatic rings. The molecule has 35 heavy (non-hydrogen) atoms. The van der Waals surface area contributed by atoms with E-state index in [0.717, 1.165) is 41.7 Å². The van der Waals surface area contributed by atoms with Crippen LogP contribution in [-0.2, 0) is 17.6 Å². The van der Waals surface area contributed by atoms with Crippen molar-refractivity contribution in [2.75, 3.05) is 6.54 Å². The van der Waals surface area contributed by atoms with Crippen LogP contribution >= 0.6 is 0 Å². The largest absolute Gasteiger partial charge is 0.481 e. The van der Waals surface area contributed by atoms with Crippen LogP contribution in [0.25, 0.3) is 11.0 Å². The number of amides is 2. The minimum atomic E-state index is -1.02. The summed E-state index contributed by atoms with van der Waals surface area (Å²) in [5.41, 5.74) is 3.56. The minimum absolute atomic E-state index is 0.0138. The van der Waals surface area contributed by atoms with Gasteiger partial charge in [0.25, 0.3) is 11.8 Å². The van der Waals surface area contributed by atoms with Gasteiger partial charge in [0.2, 0.25) is 0 Å². The van der Waals surface area contributed by atoms with Crippen molar-refractivity contribution in [2.45, 2.75) is 44.9 Å². The Bertz CT molecular complexity index is 1320. The minimum Gasteiger partial charge on any atom is -0.481 e. The molecule has 0 fully saturated rings. The number of fused-ring (bicyclic) bond motifs is 4. The van der Waals surface area contributed by atoms with Gasteiger partial charge < -0.3 is 14.7 Å². The average molecular weight is 475 g/mol. The highest BCUT2D eigenvalue weighted by Gasteiger charge is 2.35. The highest BCUT2D eigenvalue weighted by molar-refractivity contribution is 6.21. The van der Waals surface area contributed by atoms with Gasteiger partial charge in [-0.1, -0.05) is 29.4 Å². The fourth-order valence-corrected chi connectivity index (χ4v) is 5.14. The fourth-order valence-electron chi connectivity index (χ4n) is 5.14. The molecule has 0 saturated carbocycles. The third kappa shape index (κ3) is 4.20. The van der Waals surface area contributed by atoms with Gasteiger partial charge in [-0.3, -0.25) is 19.3 Å². The molecular formula is C27H26N2O6. The maximum absolute atomic E-state index is 12.5. The summed E-state index contributed by atoms with van der Waals surface area (Å²) in [5.74, 6) is -1.57. The van der Waals surface area contributed by atoms with Gasteiger partial charge in [0.05, 0.1) is 22.8 Å². The van der Waals surface area contributed by atoms with E-state index < -0.39 is 11.9 Å². The summed E-state index contributed by atoms with van der Waals surface area (Å²) < 4.78 is 6.02. The molecule has 2 aromatic carbocycles. The lowest BCUT2D eigenvalue weighted by Gasteiger charge is -2.17. The predicted octanol–water partition coefficient (Wildman–Crippen LogP) is 4.66. The number of carboxylic acid groups (broad SMARTS) is 1. The summed E-state index contributed by atoms with van der Waals surface area (Å²) in [5, 5.41) is 23.9. The summed E-state index contributed by atoms with van der Waals surface area (Å²) >= 11 is 0. The van der Waals surface area contributed by atoms with Crippen LogP contribution in [-0.4, -0.2) is 45.3 Å². The number of aliphatic carboxylic acids is 1. The van der Waals surface area contributed by atoms with Gasteiger partial charge >= 0.3 is 5.97 Å². The van der Waals surface area contributed by atoms with Gasteiger partial charge in [-0.15, -0.1) is 0 Å². The summed E-state index contributed by atoms with van der Waals surface area (Å²) in [6.45, 7) is 0.131. The van der Waals surface area contributed by atoms with Crippen LogP contribution in [0.15, 0.2) is 52.0 Å².